The number of hydrogen-bond donors (Lipinski definition) is 0. The van der Waals surface area contributed by atoms with E-state index in [0.717, 1.165) is 0 Å². The van der Waals surface area contributed by atoms with Crippen LogP contribution in [0.2, 0.25) is 0 Å². The van der Waals surface area contributed by atoms with Crippen LogP contribution >= 0.6 is 11.3 Å². The minimum atomic E-state index is -2.95. The lowest BCUT2D eigenvalue weighted by Crippen LogP contribution is -2.74. The van der Waals surface area contributed by atoms with Gasteiger partial charge in [0, 0.05) is 25.6 Å². The van der Waals surface area contributed by atoms with Crippen LogP contribution in [-0.2, 0) is 5.41 Å². The number of fused-ring (bicyclic) bond motifs is 12. The molecule has 0 aliphatic heterocycles. The van der Waals surface area contributed by atoms with Crippen molar-refractivity contribution in [3.63, 3.8) is 0 Å². The number of benzene rings is 9. The second-order valence-electron chi connectivity index (χ2n) is 15.2. The van der Waals surface area contributed by atoms with Gasteiger partial charge in [-0.25, -0.2) is 0 Å². The van der Waals surface area contributed by atoms with E-state index in [1.54, 1.807) is 0 Å². The maximum Gasteiger partial charge on any atom is 0.179 e. The largest absolute Gasteiger partial charge is 0.179 e. The standard InChI is InChI=1S/C51H36SSi/c1-51(2)47-22-12-10-20-42(47)43-28-25-36(32-48(43)51)53(33-14-4-3-5-15-33,35-26-29-50-46(31-35)44-21-11-13-23-49(44)52-50)34-24-27-41-39-18-7-6-16-37(39)38-17-8-9-19-40(38)45(41)30-34/h3-32H,1-2H3. The van der Waals surface area contributed by atoms with E-state index >= 15 is 0 Å². The predicted octanol–water partition coefficient (Wildman–Crippen LogP) is 11.2. The van der Waals surface area contributed by atoms with Gasteiger partial charge >= 0.3 is 0 Å². The third-order valence-corrected chi connectivity index (χ3v) is 18.1. The first-order chi connectivity index (χ1) is 26.0. The Balaban J connectivity index is 1.30. The van der Waals surface area contributed by atoms with E-state index in [9.17, 15) is 0 Å². The second-order valence-corrected chi connectivity index (χ2v) is 20.1. The maximum atomic E-state index is 2.60. The molecule has 0 saturated carbocycles. The normalized spacial score (nSPS) is 14.5. The van der Waals surface area contributed by atoms with Crippen LogP contribution in [-0.4, -0.2) is 8.07 Å². The van der Waals surface area contributed by atoms with Crippen molar-refractivity contribution in [2.45, 2.75) is 19.3 Å². The Morgan fingerprint density at radius 3 is 1.57 bits per heavy atom. The van der Waals surface area contributed by atoms with Crippen molar-refractivity contribution in [2.75, 3.05) is 0 Å². The van der Waals surface area contributed by atoms with Crippen LogP contribution in [0.15, 0.2) is 182 Å². The molecule has 2 heteroatoms. The summed E-state index contributed by atoms with van der Waals surface area (Å²) < 4.78 is 2.68. The first kappa shape index (κ1) is 30.8. The molecule has 1 unspecified atom stereocenters. The fraction of sp³-hybridized carbons (Fsp3) is 0.0588. The maximum absolute atomic E-state index is 2.95. The summed E-state index contributed by atoms with van der Waals surface area (Å²) in [5, 5.41) is 16.2. The molecule has 0 radical (unpaired) electrons. The molecular weight excluding hydrogens is 673 g/mol. The van der Waals surface area contributed by atoms with E-state index in [1.165, 1.54) is 95.5 Å². The Hall–Kier alpha value is -5.80. The molecule has 9 aromatic carbocycles. The second kappa shape index (κ2) is 11.3. The highest BCUT2D eigenvalue weighted by atomic mass is 32.1. The average Bonchev–Trinajstić information content (AvgIpc) is 3.70. The number of hydrogen-bond acceptors (Lipinski definition) is 1. The zero-order valence-electron chi connectivity index (χ0n) is 29.7. The SMILES string of the molecule is CC1(C)c2ccccc2-c2ccc([Si](c3ccccc3)(c3ccc4sc5ccccc5c4c3)c3ccc4c5ccccc5c5ccccc5c4c3)cc21. The number of thiophene rings is 1. The van der Waals surface area contributed by atoms with Gasteiger partial charge in [-0.2, -0.15) is 0 Å². The molecule has 1 aliphatic rings. The summed E-state index contributed by atoms with van der Waals surface area (Å²) in [5.74, 6) is 0. The monoisotopic (exact) mass is 708 g/mol. The summed E-state index contributed by atoms with van der Waals surface area (Å²) in [6.45, 7) is 4.81. The van der Waals surface area contributed by atoms with Gasteiger partial charge in [-0.05, 0) is 87.5 Å². The fourth-order valence-electron chi connectivity index (χ4n) is 9.73. The zero-order chi connectivity index (χ0) is 35.3. The molecule has 0 nitrogen and oxygen atoms in total. The Labute approximate surface area is 314 Å². The summed E-state index contributed by atoms with van der Waals surface area (Å²) in [4.78, 5) is 0. The Morgan fingerprint density at radius 1 is 0.340 bits per heavy atom. The van der Waals surface area contributed by atoms with Gasteiger partial charge in [0.15, 0.2) is 8.07 Å². The summed E-state index contributed by atoms with van der Waals surface area (Å²) >= 11 is 1.90. The van der Waals surface area contributed by atoms with E-state index in [1.807, 2.05) is 11.3 Å². The van der Waals surface area contributed by atoms with E-state index < -0.39 is 8.07 Å². The molecule has 0 fully saturated rings. The summed E-state index contributed by atoms with van der Waals surface area (Å²) in [7, 11) is -2.95. The zero-order valence-corrected chi connectivity index (χ0v) is 31.5. The van der Waals surface area contributed by atoms with Gasteiger partial charge in [0.2, 0.25) is 0 Å². The molecule has 53 heavy (non-hydrogen) atoms. The highest BCUT2D eigenvalue weighted by Crippen LogP contribution is 2.48. The van der Waals surface area contributed by atoms with Crippen molar-refractivity contribution < 1.29 is 0 Å². The molecule has 1 atom stereocenters. The number of rotatable bonds is 4. The van der Waals surface area contributed by atoms with Crippen molar-refractivity contribution >= 4 is 92.6 Å². The van der Waals surface area contributed by atoms with Crippen molar-refractivity contribution in [1.82, 2.24) is 0 Å². The van der Waals surface area contributed by atoms with E-state index in [4.69, 9.17) is 0 Å². The fourth-order valence-corrected chi connectivity index (χ4v) is 15.6. The molecule has 0 N–H and O–H groups in total. The van der Waals surface area contributed by atoms with Crippen LogP contribution in [0.3, 0.4) is 0 Å². The molecule has 0 amide bonds. The van der Waals surface area contributed by atoms with Crippen molar-refractivity contribution in [3.05, 3.63) is 193 Å². The highest BCUT2D eigenvalue weighted by molar-refractivity contribution is 7.26. The third-order valence-electron chi connectivity index (χ3n) is 12.2. The molecule has 11 rings (SSSR count). The van der Waals surface area contributed by atoms with E-state index in [-0.39, 0.29) is 5.41 Å². The Morgan fingerprint density at radius 2 is 0.830 bits per heavy atom. The summed E-state index contributed by atoms with van der Waals surface area (Å²) in [5.41, 5.74) is 5.45. The van der Waals surface area contributed by atoms with Gasteiger partial charge in [0.05, 0.1) is 0 Å². The molecule has 1 aromatic heterocycles. The van der Waals surface area contributed by atoms with Gasteiger partial charge in [0.1, 0.15) is 0 Å². The highest BCUT2D eigenvalue weighted by Gasteiger charge is 2.44. The molecular formula is C51H36SSi. The van der Waals surface area contributed by atoms with Crippen LogP contribution in [0.1, 0.15) is 25.0 Å². The molecule has 1 heterocycles. The molecule has 250 valence electrons. The van der Waals surface area contributed by atoms with E-state index in [0.29, 0.717) is 0 Å². The van der Waals surface area contributed by atoms with Gasteiger partial charge in [-0.3, -0.25) is 0 Å². The van der Waals surface area contributed by atoms with Crippen LogP contribution in [0, 0.1) is 0 Å². The van der Waals surface area contributed by atoms with Crippen LogP contribution in [0.4, 0.5) is 0 Å². The Kier molecular flexibility index (Phi) is 6.59. The predicted molar refractivity (Wildman–Crippen MR) is 233 cm³/mol. The van der Waals surface area contributed by atoms with Gasteiger partial charge in [0.25, 0.3) is 0 Å². The first-order valence-electron chi connectivity index (χ1n) is 18.6. The van der Waals surface area contributed by atoms with Crippen molar-refractivity contribution in [2.24, 2.45) is 0 Å². The molecule has 1 aliphatic carbocycles. The molecule has 0 bridgehead atoms. The lowest BCUT2D eigenvalue weighted by atomic mass is 9.82. The van der Waals surface area contributed by atoms with Crippen LogP contribution in [0.5, 0.6) is 0 Å². The topological polar surface area (TPSA) is 0 Å². The van der Waals surface area contributed by atoms with Gasteiger partial charge < -0.3 is 0 Å². The molecule has 10 aromatic rings. The van der Waals surface area contributed by atoms with Crippen LogP contribution in [0.25, 0.3) is 63.6 Å². The molecule has 0 saturated heterocycles. The quantitative estimate of drug-likeness (QED) is 0.0970. The lowest BCUT2D eigenvalue weighted by Gasteiger charge is -2.36. The minimum absolute atomic E-state index is 0.106. The summed E-state index contributed by atoms with van der Waals surface area (Å²) in [6.07, 6.45) is 0. The Bertz CT molecular complexity index is 3060. The minimum Gasteiger partial charge on any atom is -0.135 e. The van der Waals surface area contributed by atoms with Crippen molar-refractivity contribution in [1.29, 1.82) is 0 Å². The molecule has 0 spiro atoms. The summed E-state index contributed by atoms with van der Waals surface area (Å²) in [6, 6.07) is 69.7. The average molecular weight is 709 g/mol. The first-order valence-corrected chi connectivity index (χ1v) is 21.4. The lowest BCUT2D eigenvalue weighted by molar-refractivity contribution is 0.661. The van der Waals surface area contributed by atoms with Crippen LogP contribution < -0.4 is 20.7 Å². The van der Waals surface area contributed by atoms with Gasteiger partial charge in [-0.15, -0.1) is 11.3 Å². The van der Waals surface area contributed by atoms with E-state index in [2.05, 4.69) is 196 Å². The third kappa shape index (κ3) is 4.28. The smallest absolute Gasteiger partial charge is 0.135 e. The van der Waals surface area contributed by atoms with Gasteiger partial charge in [-0.1, -0.05) is 184 Å². The van der Waals surface area contributed by atoms with Crippen molar-refractivity contribution in [3.8, 4) is 11.1 Å².